The molecule has 1 heterocycles. The standard InChI is InChI=1S/C21H39N5O/c1-5-22-21(23-13-9-12-19-10-7-6-8-11-19)24-16-20-17(2)25-26(18(20)3)14-15-27-4/h19H,5-16H2,1-4H3,(H2,22,23,24). The van der Waals surface area contributed by atoms with Crippen LogP contribution in [0, 0.1) is 19.8 Å². The van der Waals surface area contributed by atoms with Crippen molar-refractivity contribution < 1.29 is 4.74 Å². The molecule has 154 valence electrons. The van der Waals surface area contributed by atoms with Crippen LogP contribution in [0.5, 0.6) is 0 Å². The van der Waals surface area contributed by atoms with Crippen molar-refractivity contribution in [2.75, 3.05) is 26.8 Å². The van der Waals surface area contributed by atoms with E-state index in [-0.39, 0.29) is 0 Å². The third-order valence-corrected chi connectivity index (χ3v) is 5.58. The number of methoxy groups -OCH3 is 1. The highest BCUT2D eigenvalue weighted by molar-refractivity contribution is 5.79. The summed E-state index contributed by atoms with van der Waals surface area (Å²) in [6.07, 6.45) is 9.73. The second-order valence-electron chi connectivity index (χ2n) is 7.63. The number of aromatic nitrogens is 2. The average molecular weight is 378 g/mol. The molecule has 0 aromatic carbocycles. The number of nitrogens with one attached hydrogen (secondary N) is 2. The van der Waals surface area contributed by atoms with E-state index in [0.717, 1.165) is 37.2 Å². The monoisotopic (exact) mass is 377 g/mol. The summed E-state index contributed by atoms with van der Waals surface area (Å²) in [5, 5.41) is 11.5. The van der Waals surface area contributed by atoms with E-state index in [1.165, 1.54) is 56.2 Å². The van der Waals surface area contributed by atoms with E-state index >= 15 is 0 Å². The van der Waals surface area contributed by atoms with Gasteiger partial charge in [0.05, 0.1) is 25.4 Å². The first-order chi connectivity index (χ1) is 13.2. The summed E-state index contributed by atoms with van der Waals surface area (Å²) >= 11 is 0. The predicted octanol–water partition coefficient (Wildman–Crippen LogP) is 3.56. The summed E-state index contributed by atoms with van der Waals surface area (Å²) < 4.78 is 7.19. The van der Waals surface area contributed by atoms with Crippen LogP contribution >= 0.6 is 0 Å². The van der Waals surface area contributed by atoms with Gasteiger partial charge in [0.2, 0.25) is 0 Å². The Bertz CT molecular complexity index is 575. The van der Waals surface area contributed by atoms with Crippen LogP contribution in [-0.2, 0) is 17.8 Å². The Hall–Kier alpha value is -1.56. The van der Waals surface area contributed by atoms with Crippen LogP contribution < -0.4 is 10.6 Å². The van der Waals surface area contributed by atoms with Crippen LogP contribution in [0.4, 0.5) is 0 Å². The third kappa shape index (κ3) is 7.17. The molecule has 1 fully saturated rings. The van der Waals surface area contributed by atoms with Gasteiger partial charge in [-0.05, 0) is 39.5 Å². The van der Waals surface area contributed by atoms with Crippen molar-refractivity contribution in [1.82, 2.24) is 20.4 Å². The Balaban J connectivity index is 1.84. The minimum absolute atomic E-state index is 0.655. The molecule has 1 aliphatic carbocycles. The molecule has 0 unspecified atom stereocenters. The first kappa shape index (κ1) is 21.7. The van der Waals surface area contributed by atoms with Crippen LogP contribution in [0.2, 0.25) is 0 Å². The molecule has 2 N–H and O–H groups in total. The Labute approximate surface area is 165 Å². The molecule has 0 aliphatic heterocycles. The minimum atomic E-state index is 0.655. The van der Waals surface area contributed by atoms with Gasteiger partial charge < -0.3 is 15.4 Å². The van der Waals surface area contributed by atoms with Crippen molar-refractivity contribution in [2.45, 2.75) is 78.8 Å². The largest absolute Gasteiger partial charge is 0.383 e. The molecule has 6 nitrogen and oxygen atoms in total. The number of rotatable bonds is 10. The van der Waals surface area contributed by atoms with Crippen LogP contribution in [0.3, 0.4) is 0 Å². The van der Waals surface area contributed by atoms with Crippen molar-refractivity contribution in [3.63, 3.8) is 0 Å². The van der Waals surface area contributed by atoms with Crippen molar-refractivity contribution in [3.8, 4) is 0 Å². The van der Waals surface area contributed by atoms with E-state index in [9.17, 15) is 0 Å². The Morgan fingerprint density at radius 2 is 2.00 bits per heavy atom. The maximum Gasteiger partial charge on any atom is 0.191 e. The smallest absolute Gasteiger partial charge is 0.191 e. The summed E-state index contributed by atoms with van der Waals surface area (Å²) in [5.74, 6) is 1.85. The van der Waals surface area contributed by atoms with Gasteiger partial charge in [0.25, 0.3) is 0 Å². The molecular weight excluding hydrogens is 338 g/mol. The summed E-state index contributed by atoms with van der Waals surface area (Å²) in [4.78, 5) is 4.79. The topological polar surface area (TPSA) is 63.5 Å². The van der Waals surface area contributed by atoms with Crippen LogP contribution in [0.25, 0.3) is 0 Å². The number of hydrogen-bond acceptors (Lipinski definition) is 3. The Morgan fingerprint density at radius 3 is 2.70 bits per heavy atom. The molecule has 1 aromatic rings. The lowest BCUT2D eigenvalue weighted by molar-refractivity contribution is 0.182. The fourth-order valence-corrected chi connectivity index (χ4v) is 3.93. The highest BCUT2D eigenvalue weighted by Gasteiger charge is 2.13. The SMILES string of the molecule is CCNC(=NCc1c(C)nn(CCOC)c1C)NCCCC1CCCCC1. The van der Waals surface area contributed by atoms with Gasteiger partial charge in [-0.25, -0.2) is 4.99 Å². The first-order valence-corrected chi connectivity index (χ1v) is 10.7. The van der Waals surface area contributed by atoms with E-state index in [1.54, 1.807) is 7.11 Å². The second-order valence-corrected chi connectivity index (χ2v) is 7.63. The third-order valence-electron chi connectivity index (χ3n) is 5.58. The fraction of sp³-hybridized carbons (Fsp3) is 0.810. The Morgan fingerprint density at radius 1 is 1.22 bits per heavy atom. The highest BCUT2D eigenvalue weighted by Crippen LogP contribution is 2.26. The summed E-state index contributed by atoms with van der Waals surface area (Å²) in [6, 6.07) is 0. The van der Waals surface area contributed by atoms with Gasteiger partial charge in [0.15, 0.2) is 5.96 Å². The zero-order chi connectivity index (χ0) is 19.5. The van der Waals surface area contributed by atoms with Crippen molar-refractivity contribution >= 4 is 5.96 Å². The molecule has 27 heavy (non-hydrogen) atoms. The average Bonchev–Trinajstić information content (AvgIpc) is 2.95. The predicted molar refractivity (Wildman–Crippen MR) is 112 cm³/mol. The number of aryl methyl sites for hydroxylation is 1. The minimum Gasteiger partial charge on any atom is -0.383 e. The van der Waals surface area contributed by atoms with Gasteiger partial charge in [-0.15, -0.1) is 0 Å². The number of aliphatic imine (C=N–C) groups is 1. The molecule has 6 heteroatoms. The molecule has 1 aliphatic rings. The maximum atomic E-state index is 5.17. The van der Waals surface area contributed by atoms with Gasteiger partial charge in [0.1, 0.15) is 0 Å². The van der Waals surface area contributed by atoms with E-state index in [1.807, 2.05) is 4.68 Å². The van der Waals surface area contributed by atoms with Gasteiger partial charge in [-0.2, -0.15) is 5.10 Å². The normalized spacial score (nSPS) is 15.9. The number of hydrogen-bond donors (Lipinski definition) is 2. The summed E-state index contributed by atoms with van der Waals surface area (Å²) in [7, 11) is 1.72. The molecule has 0 spiro atoms. The van der Waals surface area contributed by atoms with E-state index in [0.29, 0.717) is 13.2 Å². The van der Waals surface area contributed by atoms with Gasteiger partial charge >= 0.3 is 0 Å². The number of nitrogens with zero attached hydrogens (tertiary/aromatic N) is 3. The van der Waals surface area contributed by atoms with Gasteiger partial charge in [0, 0.05) is 31.5 Å². The number of ether oxygens (including phenoxy) is 1. The highest BCUT2D eigenvalue weighted by atomic mass is 16.5. The first-order valence-electron chi connectivity index (χ1n) is 10.7. The Kier molecular flexibility index (Phi) is 9.67. The fourth-order valence-electron chi connectivity index (χ4n) is 3.93. The maximum absolute atomic E-state index is 5.17. The van der Waals surface area contributed by atoms with Crippen LogP contribution in [-0.4, -0.2) is 42.5 Å². The van der Waals surface area contributed by atoms with Crippen LogP contribution in [0.1, 0.15) is 68.8 Å². The van der Waals surface area contributed by atoms with Crippen LogP contribution in [0.15, 0.2) is 4.99 Å². The van der Waals surface area contributed by atoms with Crippen molar-refractivity contribution in [1.29, 1.82) is 0 Å². The zero-order valence-corrected chi connectivity index (χ0v) is 17.8. The molecule has 0 amide bonds. The van der Waals surface area contributed by atoms with Crippen molar-refractivity contribution in [2.24, 2.45) is 10.9 Å². The quantitative estimate of drug-likeness (QED) is 0.372. The molecule has 0 radical (unpaired) electrons. The molecule has 1 aromatic heterocycles. The molecule has 1 saturated carbocycles. The summed E-state index contributed by atoms with van der Waals surface area (Å²) in [5.41, 5.74) is 3.45. The second kappa shape index (κ2) is 12.0. The molecule has 2 rings (SSSR count). The summed E-state index contributed by atoms with van der Waals surface area (Å²) in [6.45, 7) is 10.3. The van der Waals surface area contributed by atoms with E-state index in [4.69, 9.17) is 9.73 Å². The van der Waals surface area contributed by atoms with Gasteiger partial charge in [-0.3, -0.25) is 4.68 Å². The zero-order valence-electron chi connectivity index (χ0n) is 17.8. The molecule has 0 atom stereocenters. The molecule has 0 saturated heterocycles. The van der Waals surface area contributed by atoms with E-state index in [2.05, 4.69) is 36.5 Å². The number of guanidine groups is 1. The van der Waals surface area contributed by atoms with Gasteiger partial charge in [-0.1, -0.05) is 32.1 Å². The van der Waals surface area contributed by atoms with Crippen molar-refractivity contribution in [3.05, 3.63) is 17.0 Å². The lowest BCUT2D eigenvalue weighted by Crippen LogP contribution is -2.37. The lowest BCUT2D eigenvalue weighted by Gasteiger charge is -2.21. The molecular formula is C21H39N5O. The molecule has 0 bridgehead atoms. The lowest BCUT2D eigenvalue weighted by atomic mass is 9.86. The van der Waals surface area contributed by atoms with E-state index < -0.39 is 0 Å².